The normalized spacial score (nSPS) is 12.5. The van der Waals surface area contributed by atoms with Crippen LogP contribution in [0.4, 0.5) is 0 Å². The van der Waals surface area contributed by atoms with Crippen LogP contribution in [-0.2, 0) is 4.57 Å². The van der Waals surface area contributed by atoms with Gasteiger partial charge in [0.1, 0.15) is 5.75 Å². The highest BCUT2D eigenvalue weighted by molar-refractivity contribution is 7.56. The Labute approximate surface area is 163 Å². The van der Waals surface area contributed by atoms with Crippen molar-refractivity contribution in [3.05, 3.63) is 102 Å². The van der Waals surface area contributed by atoms with Gasteiger partial charge in [-0.2, -0.15) is 0 Å². The second-order valence-corrected chi connectivity index (χ2v) is 7.80. The zero-order valence-electron chi connectivity index (χ0n) is 15.2. The van der Waals surface area contributed by atoms with Crippen molar-refractivity contribution in [3.63, 3.8) is 0 Å². The lowest BCUT2D eigenvalue weighted by Crippen LogP contribution is -2.34. The maximum atomic E-state index is 13.3. The lowest BCUT2D eigenvalue weighted by molar-refractivity contribution is 0.0968. The largest absolute Gasteiger partial charge is 0.449 e. The first-order valence-corrected chi connectivity index (χ1v) is 10.2. The van der Waals surface area contributed by atoms with E-state index in [0.717, 1.165) is 5.56 Å². The summed E-state index contributed by atoms with van der Waals surface area (Å²) in [5, 5.41) is 4.67. The van der Waals surface area contributed by atoms with Crippen molar-refractivity contribution in [2.24, 2.45) is 0 Å². The molecule has 0 radical (unpaired) electrons. The third-order valence-electron chi connectivity index (χ3n) is 3.82. The van der Waals surface area contributed by atoms with E-state index in [9.17, 15) is 14.2 Å². The lowest BCUT2D eigenvalue weighted by atomic mass is 10.1. The summed E-state index contributed by atoms with van der Waals surface area (Å²) in [6.45, 7) is 1.89. The van der Waals surface area contributed by atoms with Gasteiger partial charge in [-0.1, -0.05) is 54.1 Å². The average molecular weight is 394 g/mol. The van der Waals surface area contributed by atoms with Crippen LogP contribution < -0.4 is 14.7 Å². The Hall–Kier alpha value is -3.37. The SMILES string of the molecule is Cc1ccc(C(=O)NP(=O)(NC(=O)c2ccccc2)Oc2ccccc2)cc1. The summed E-state index contributed by atoms with van der Waals surface area (Å²) in [6.07, 6.45) is 0. The molecule has 0 aliphatic carbocycles. The van der Waals surface area contributed by atoms with Crippen molar-refractivity contribution >= 4 is 19.5 Å². The molecule has 7 heteroatoms. The molecule has 0 saturated carbocycles. The predicted molar refractivity (Wildman–Crippen MR) is 107 cm³/mol. The first-order valence-electron chi connectivity index (χ1n) is 8.57. The van der Waals surface area contributed by atoms with Gasteiger partial charge in [0.2, 0.25) is 0 Å². The van der Waals surface area contributed by atoms with E-state index >= 15 is 0 Å². The number of amides is 2. The smallest absolute Gasteiger partial charge is 0.414 e. The van der Waals surface area contributed by atoms with Crippen LogP contribution in [0.1, 0.15) is 26.3 Å². The van der Waals surface area contributed by atoms with Crippen LogP contribution >= 0.6 is 7.67 Å². The number of carbonyl (C=O) groups is 2. The molecular formula is C21H19N2O4P. The maximum Gasteiger partial charge on any atom is 0.449 e. The molecule has 0 bridgehead atoms. The van der Waals surface area contributed by atoms with E-state index in [4.69, 9.17) is 4.52 Å². The number of hydrogen-bond donors (Lipinski definition) is 2. The third-order valence-corrected chi connectivity index (χ3v) is 5.29. The number of carbonyl (C=O) groups excluding carboxylic acids is 2. The average Bonchev–Trinajstić information content (AvgIpc) is 2.69. The first kappa shape index (κ1) is 19.4. The van der Waals surface area contributed by atoms with E-state index in [1.54, 1.807) is 84.9 Å². The molecule has 0 saturated heterocycles. The van der Waals surface area contributed by atoms with Crippen LogP contribution in [-0.4, -0.2) is 11.8 Å². The van der Waals surface area contributed by atoms with Crippen molar-refractivity contribution in [2.45, 2.75) is 6.92 Å². The summed E-state index contributed by atoms with van der Waals surface area (Å²) >= 11 is 0. The van der Waals surface area contributed by atoms with Crippen LogP contribution in [0, 0.1) is 6.92 Å². The predicted octanol–water partition coefficient (Wildman–Crippen LogP) is 4.34. The fourth-order valence-corrected chi connectivity index (χ4v) is 3.75. The molecule has 142 valence electrons. The minimum absolute atomic E-state index is 0.253. The fraction of sp³-hybridized carbons (Fsp3) is 0.0476. The zero-order chi connectivity index (χ0) is 20.0. The van der Waals surface area contributed by atoms with Crippen molar-refractivity contribution in [1.82, 2.24) is 10.2 Å². The first-order chi connectivity index (χ1) is 13.5. The number of nitrogens with one attached hydrogen (secondary N) is 2. The van der Waals surface area contributed by atoms with Gasteiger partial charge >= 0.3 is 7.67 Å². The topological polar surface area (TPSA) is 84.5 Å². The van der Waals surface area contributed by atoms with Gasteiger partial charge in [-0.15, -0.1) is 0 Å². The number of para-hydroxylation sites is 1. The van der Waals surface area contributed by atoms with Crippen molar-refractivity contribution < 1.29 is 18.7 Å². The highest BCUT2D eigenvalue weighted by atomic mass is 31.2. The van der Waals surface area contributed by atoms with Gasteiger partial charge in [0.25, 0.3) is 11.8 Å². The van der Waals surface area contributed by atoms with Crippen LogP contribution in [0.25, 0.3) is 0 Å². The van der Waals surface area contributed by atoms with E-state index in [-0.39, 0.29) is 5.75 Å². The Balaban J connectivity index is 1.85. The fourth-order valence-electron chi connectivity index (χ4n) is 2.39. The highest BCUT2D eigenvalue weighted by Gasteiger charge is 2.31. The summed E-state index contributed by atoms with van der Waals surface area (Å²) in [5.74, 6) is -0.986. The van der Waals surface area contributed by atoms with Gasteiger partial charge < -0.3 is 4.52 Å². The van der Waals surface area contributed by atoms with Crippen LogP contribution in [0.3, 0.4) is 0 Å². The molecule has 2 amide bonds. The van der Waals surface area contributed by atoms with Crippen molar-refractivity contribution in [2.75, 3.05) is 0 Å². The number of aryl methyl sites for hydroxylation is 1. The summed E-state index contributed by atoms with van der Waals surface area (Å²) in [7, 11) is -4.10. The molecule has 3 aromatic carbocycles. The van der Waals surface area contributed by atoms with E-state index < -0.39 is 19.5 Å². The molecular weight excluding hydrogens is 375 g/mol. The van der Waals surface area contributed by atoms with E-state index in [0.29, 0.717) is 11.1 Å². The quantitative estimate of drug-likeness (QED) is 0.609. The second kappa shape index (κ2) is 8.55. The van der Waals surface area contributed by atoms with Crippen LogP contribution in [0.2, 0.25) is 0 Å². The van der Waals surface area contributed by atoms with Crippen molar-refractivity contribution in [1.29, 1.82) is 0 Å². The van der Waals surface area contributed by atoms with Gasteiger partial charge in [0.05, 0.1) is 0 Å². The van der Waals surface area contributed by atoms with Crippen LogP contribution in [0.5, 0.6) is 5.75 Å². The van der Waals surface area contributed by atoms with Gasteiger partial charge in [-0.25, -0.2) is 4.57 Å². The minimum Gasteiger partial charge on any atom is -0.414 e. The molecule has 0 fully saturated rings. The molecule has 28 heavy (non-hydrogen) atoms. The monoisotopic (exact) mass is 394 g/mol. The molecule has 0 heterocycles. The number of hydrogen-bond acceptors (Lipinski definition) is 4. The molecule has 2 N–H and O–H groups in total. The summed E-state index contributed by atoms with van der Waals surface area (Å²) in [5.41, 5.74) is 1.58. The van der Waals surface area contributed by atoms with Gasteiger partial charge in [-0.3, -0.25) is 19.8 Å². The summed E-state index contributed by atoms with van der Waals surface area (Å²) in [4.78, 5) is 25.1. The Morgan fingerprint density at radius 2 is 1.18 bits per heavy atom. The molecule has 0 aliphatic heterocycles. The van der Waals surface area contributed by atoms with Gasteiger partial charge in [0.15, 0.2) is 0 Å². The number of rotatable bonds is 6. The Kier molecular flexibility index (Phi) is 5.92. The molecule has 6 nitrogen and oxygen atoms in total. The Morgan fingerprint density at radius 3 is 1.71 bits per heavy atom. The molecule has 3 aromatic rings. The second-order valence-electron chi connectivity index (χ2n) is 6.07. The van der Waals surface area contributed by atoms with E-state index in [1.807, 2.05) is 6.92 Å². The molecule has 0 spiro atoms. The maximum absolute atomic E-state index is 13.3. The molecule has 0 aliphatic rings. The molecule has 1 atom stereocenters. The van der Waals surface area contributed by atoms with Gasteiger partial charge in [0, 0.05) is 11.1 Å². The van der Waals surface area contributed by atoms with Crippen LogP contribution in [0.15, 0.2) is 84.9 Å². The lowest BCUT2D eigenvalue weighted by Gasteiger charge is -2.21. The highest BCUT2D eigenvalue weighted by Crippen LogP contribution is 2.39. The van der Waals surface area contributed by atoms with Gasteiger partial charge in [-0.05, 0) is 43.3 Å². The molecule has 0 aromatic heterocycles. The van der Waals surface area contributed by atoms with E-state index in [2.05, 4.69) is 10.2 Å². The Morgan fingerprint density at radius 1 is 0.714 bits per heavy atom. The standard InChI is InChI=1S/C21H19N2O4P/c1-16-12-14-18(15-13-16)21(25)23-28(26,27-19-10-6-3-7-11-19)22-20(24)17-8-4-2-5-9-17/h2-15H,1H3,(H2,22,23,24,25,26). The zero-order valence-corrected chi connectivity index (χ0v) is 16.1. The number of benzene rings is 3. The Bertz CT molecular complexity index is 1010. The van der Waals surface area contributed by atoms with Crippen molar-refractivity contribution in [3.8, 4) is 5.75 Å². The minimum atomic E-state index is -4.10. The molecule has 3 rings (SSSR count). The molecule has 1 unspecified atom stereocenters. The third kappa shape index (κ3) is 5.09. The summed E-state index contributed by atoms with van der Waals surface area (Å²) in [6, 6.07) is 23.3. The van der Waals surface area contributed by atoms with E-state index in [1.165, 1.54) is 0 Å². The summed E-state index contributed by atoms with van der Waals surface area (Å²) < 4.78 is 18.8.